The van der Waals surface area contributed by atoms with Crippen molar-refractivity contribution >= 4 is 17.7 Å². The van der Waals surface area contributed by atoms with Gasteiger partial charge in [0.15, 0.2) is 0 Å². The molecule has 2 aliphatic rings. The van der Waals surface area contributed by atoms with Crippen molar-refractivity contribution in [2.24, 2.45) is 0 Å². The van der Waals surface area contributed by atoms with Crippen molar-refractivity contribution < 1.29 is 23.8 Å². The molecule has 0 aliphatic carbocycles. The first kappa shape index (κ1) is 15.5. The zero-order valence-corrected chi connectivity index (χ0v) is 13.5. The van der Waals surface area contributed by atoms with Crippen molar-refractivity contribution in [3.63, 3.8) is 0 Å². The van der Waals surface area contributed by atoms with E-state index in [4.69, 9.17) is 14.2 Å². The summed E-state index contributed by atoms with van der Waals surface area (Å²) < 4.78 is 16.3. The van der Waals surface area contributed by atoms with Crippen LogP contribution < -0.4 is 14.8 Å². The van der Waals surface area contributed by atoms with Crippen molar-refractivity contribution in [1.82, 2.24) is 0 Å². The summed E-state index contributed by atoms with van der Waals surface area (Å²) >= 11 is 0. The Bertz CT molecular complexity index is 818. The number of benzene rings is 2. The summed E-state index contributed by atoms with van der Waals surface area (Å²) in [7, 11) is 0. The number of anilines is 1. The number of ether oxygens (including phenoxy) is 3. The van der Waals surface area contributed by atoms with Crippen LogP contribution in [0, 0.1) is 0 Å². The molecule has 0 saturated carbocycles. The second-order valence-corrected chi connectivity index (χ2v) is 6.04. The maximum absolute atomic E-state index is 12.0. The summed E-state index contributed by atoms with van der Waals surface area (Å²) in [6.45, 7) is 0.280. The minimum atomic E-state index is -0.749. The molecule has 2 aromatic rings. The maximum atomic E-state index is 12.0. The second-order valence-electron chi connectivity index (χ2n) is 6.04. The van der Waals surface area contributed by atoms with E-state index in [2.05, 4.69) is 5.32 Å². The van der Waals surface area contributed by atoms with Gasteiger partial charge in [0.25, 0.3) is 0 Å². The predicted molar refractivity (Wildman–Crippen MR) is 89.9 cm³/mol. The van der Waals surface area contributed by atoms with Crippen molar-refractivity contribution in [3.05, 3.63) is 53.6 Å². The van der Waals surface area contributed by atoms with E-state index in [0.717, 1.165) is 22.6 Å². The lowest BCUT2D eigenvalue weighted by Crippen LogP contribution is -2.33. The number of fused-ring (bicyclic) bond motifs is 3. The molecule has 0 aromatic heterocycles. The normalized spacial score (nSPS) is 18.2. The van der Waals surface area contributed by atoms with Gasteiger partial charge in [-0.25, -0.2) is 4.79 Å². The molecule has 6 heteroatoms. The van der Waals surface area contributed by atoms with Gasteiger partial charge >= 0.3 is 6.16 Å². The highest BCUT2D eigenvalue weighted by atomic mass is 16.7. The number of rotatable bonds is 2. The molecule has 1 atom stereocenters. The van der Waals surface area contributed by atoms with Gasteiger partial charge < -0.3 is 19.5 Å². The number of hydrogen-bond acceptors (Lipinski definition) is 5. The van der Waals surface area contributed by atoms with Gasteiger partial charge in [0.2, 0.25) is 5.91 Å². The number of amides is 1. The molecule has 1 N–H and O–H groups in total. The Balaban J connectivity index is 1.46. The lowest BCUT2D eigenvalue weighted by Gasteiger charge is -2.29. The summed E-state index contributed by atoms with van der Waals surface area (Å²) in [4.78, 5) is 23.5. The molecule has 2 aromatic carbocycles. The van der Waals surface area contributed by atoms with Gasteiger partial charge in [-0.05, 0) is 36.2 Å². The molecule has 4 rings (SSSR count). The molecule has 128 valence electrons. The van der Waals surface area contributed by atoms with Gasteiger partial charge in [0, 0.05) is 24.1 Å². The summed E-state index contributed by atoms with van der Waals surface area (Å²) in [5, 5.41) is 2.87. The van der Waals surface area contributed by atoms with Crippen molar-refractivity contribution in [1.29, 1.82) is 0 Å². The Morgan fingerprint density at radius 3 is 2.76 bits per heavy atom. The van der Waals surface area contributed by atoms with Crippen LogP contribution in [0.3, 0.4) is 0 Å². The summed E-state index contributed by atoms with van der Waals surface area (Å²) in [6.07, 6.45) is 0.479. The highest BCUT2D eigenvalue weighted by Gasteiger charge is 2.29. The van der Waals surface area contributed by atoms with E-state index in [9.17, 15) is 9.59 Å². The molecule has 0 spiro atoms. The van der Waals surface area contributed by atoms with Gasteiger partial charge in [0.05, 0.1) is 0 Å². The molecule has 0 radical (unpaired) electrons. The van der Waals surface area contributed by atoms with E-state index >= 15 is 0 Å². The Morgan fingerprint density at radius 2 is 1.92 bits per heavy atom. The van der Waals surface area contributed by atoms with Crippen LogP contribution in [0.1, 0.15) is 17.5 Å². The monoisotopic (exact) mass is 339 g/mol. The van der Waals surface area contributed by atoms with Crippen molar-refractivity contribution in [2.75, 3.05) is 11.9 Å². The molecule has 0 saturated heterocycles. The molecule has 25 heavy (non-hydrogen) atoms. The predicted octanol–water partition coefficient (Wildman–Crippen LogP) is 3.09. The lowest BCUT2D eigenvalue weighted by molar-refractivity contribution is -0.116. The molecule has 6 nitrogen and oxygen atoms in total. The van der Waals surface area contributed by atoms with Crippen LogP contribution in [0.4, 0.5) is 10.5 Å². The summed E-state index contributed by atoms with van der Waals surface area (Å²) in [5.74, 6) is 1.24. The zero-order valence-electron chi connectivity index (χ0n) is 13.5. The van der Waals surface area contributed by atoms with Crippen molar-refractivity contribution in [3.8, 4) is 11.5 Å². The number of carbonyl (C=O) groups excluding carboxylic acids is 2. The zero-order chi connectivity index (χ0) is 17.2. The summed E-state index contributed by atoms with van der Waals surface area (Å²) in [5.41, 5.74) is 2.86. The van der Waals surface area contributed by atoms with E-state index < -0.39 is 12.3 Å². The van der Waals surface area contributed by atoms with Gasteiger partial charge in [-0.1, -0.05) is 18.2 Å². The van der Waals surface area contributed by atoms with Crippen LogP contribution in [0.15, 0.2) is 42.5 Å². The number of nitrogens with one attached hydrogen (secondary N) is 1. The molecule has 0 bridgehead atoms. The fourth-order valence-electron chi connectivity index (χ4n) is 3.17. The molecular weight excluding hydrogens is 322 g/mol. The van der Waals surface area contributed by atoms with Crippen LogP contribution >= 0.6 is 0 Å². The largest absolute Gasteiger partial charge is 0.514 e. The van der Waals surface area contributed by atoms with E-state index in [0.29, 0.717) is 25.0 Å². The molecule has 0 fully saturated rings. The van der Waals surface area contributed by atoms with E-state index in [1.165, 1.54) is 0 Å². The van der Waals surface area contributed by atoms with E-state index in [1.54, 1.807) is 24.3 Å². The van der Waals surface area contributed by atoms with Gasteiger partial charge in [-0.3, -0.25) is 4.79 Å². The molecular formula is C19H17NO5. The fourth-order valence-corrected chi connectivity index (χ4v) is 3.17. The third-order valence-electron chi connectivity index (χ3n) is 4.33. The minimum Gasteiger partial charge on any atom is -0.489 e. The van der Waals surface area contributed by atoms with Crippen LogP contribution in [0.25, 0.3) is 0 Å². The third kappa shape index (κ3) is 3.28. The molecule has 2 heterocycles. The van der Waals surface area contributed by atoms with Crippen molar-refractivity contribution in [2.45, 2.75) is 25.4 Å². The Hall–Kier alpha value is -3.02. The Labute approximate surface area is 144 Å². The third-order valence-corrected chi connectivity index (χ3v) is 4.33. The minimum absolute atomic E-state index is 0.0171. The van der Waals surface area contributed by atoms with E-state index in [-0.39, 0.29) is 12.5 Å². The first-order valence-electron chi connectivity index (χ1n) is 8.20. The molecule has 1 unspecified atom stereocenters. The lowest BCUT2D eigenvalue weighted by atomic mass is 9.92. The fraction of sp³-hybridized carbons (Fsp3) is 0.263. The second kappa shape index (κ2) is 6.47. The molecule has 2 aliphatic heterocycles. The Kier molecular flexibility index (Phi) is 4.01. The van der Waals surface area contributed by atoms with Gasteiger partial charge in [-0.2, -0.15) is 0 Å². The average Bonchev–Trinajstić information content (AvgIpc) is 2.62. The number of carbonyl (C=O) groups is 2. The van der Waals surface area contributed by atoms with Crippen LogP contribution in [0.2, 0.25) is 0 Å². The number of hydrogen-bond donors (Lipinski definition) is 1. The molecule has 1 amide bonds. The quantitative estimate of drug-likeness (QED) is 0.672. The van der Waals surface area contributed by atoms with Gasteiger partial charge in [-0.15, -0.1) is 0 Å². The van der Waals surface area contributed by atoms with E-state index in [1.807, 2.05) is 18.2 Å². The van der Waals surface area contributed by atoms with Crippen LogP contribution in [-0.4, -0.2) is 24.8 Å². The highest BCUT2D eigenvalue weighted by molar-refractivity contribution is 5.94. The summed E-state index contributed by atoms with van der Waals surface area (Å²) in [6, 6.07) is 12.5. The maximum Gasteiger partial charge on any atom is 0.514 e. The van der Waals surface area contributed by atoms with Crippen LogP contribution in [-0.2, 0) is 22.4 Å². The standard InChI is InChI=1S/C19H17NO5/c21-18-9-6-14-15-10-13(11-23-17(15)8-7-16(14)20-18)25-19(22)24-12-4-2-1-3-5-12/h1-5,7-8,13H,6,9-11H2,(H,20,21). The first-order valence-corrected chi connectivity index (χ1v) is 8.20. The SMILES string of the molecule is O=C1CCc2c(ccc3c2CC(OC(=O)Oc2ccccc2)CO3)N1. The first-order chi connectivity index (χ1) is 12.2. The number of para-hydroxylation sites is 1. The van der Waals surface area contributed by atoms with Crippen LogP contribution in [0.5, 0.6) is 11.5 Å². The Morgan fingerprint density at radius 1 is 1.08 bits per heavy atom. The highest BCUT2D eigenvalue weighted by Crippen LogP contribution is 2.36. The topological polar surface area (TPSA) is 73.9 Å². The average molecular weight is 339 g/mol. The smallest absolute Gasteiger partial charge is 0.489 e. The van der Waals surface area contributed by atoms with Gasteiger partial charge in [0.1, 0.15) is 24.2 Å².